The van der Waals surface area contributed by atoms with Crippen LogP contribution < -0.4 is 5.32 Å². The third kappa shape index (κ3) is 4.65. The van der Waals surface area contributed by atoms with Gasteiger partial charge in [-0.25, -0.2) is 4.79 Å². The number of nitrogens with one attached hydrogen (secondary N) is 1. The van der Waals surface area contributed by atoms with Gasteiger partial charge in [-0.05, 0) is 49.0 Å². The molecule has 1 fully saturated rings. The second-order valence-electron chi connectivity index (χ2n) is 6.82. The average molecular weight is 426 g/mol. The summed E-state index contributed by atoms with van der Waals surface area (Å²) in [5, 5.41) is 3.21. The number of methoxy groups -OCH3 is 1. The van der Waals surface area contributed by atoms with Crippen molar-refractivity contribution in [2.24, 2.45) is 0 Å². The van der Waals surface area contributed by atoms with E-state index in [0.717, 1.165) is 5.56 Å². The van der Waals surface area contributed by atoms with E-state index in [1.54, 1.807) is 29.2 Å². The monoisotopic (exact) mass is 425 g/mol. The molecule has 1 aliphatic rings. The number of carbonyl (C=O) groups excluding carboxylic acids is 3. The summed E-state index contributed by atoms with van der Waals surface area (Å²) in [5.74, 6) is -0.929. The molecule has 7 nitrogen and oxygen atoms in total. The highest BCUT2D eigenvalue weighted by molar-refractivity contribution is 7.80. The summed E-state index contributed by atoms with van der Waals surface area (Å²) < 4.78 is 4.66. The molecule has 3 rings (SSSR count). The predicted molar refractivity (Wildman–Crippen MR) is 117 cm³/mol. The van der Waals surface area contributed by atoms with Gasteiger partial charge in [-0.1, -0.05) is 30.3 Å². The smallest absolute Gasteiger partial charge is 0.337 e. The van der Waals surface area contributed by atoms with Gasteiger partial charge in [0, 0.05) is 18.8 Å². The van der Waals surface area contributed by atoms with E-state index < -0.39 is 12.0 Å². The van der Waals surface area contributed by atoms with E-state index in [-0.39, 0.29) is 18.2 Å². The molecule has 1 heterocycles. The van der Waals surface area contributed by atoms with Crippen LogP contribution in [0.4, 0.5) is 5.69 Å². The Morgan fingerprint density at radius 3 is 2.37 bits per heavy atom. The SMILES string of the molecule is CCN1C(=O)C(CC(=O)Nc2ccc(C(=O)OC)cc2)N(Cc2ccccc2)C1=S. The van der Waals surface area contributed by atoms with E-state index >= 15 is 0 Å². The standard InChI is InChI=1S/C22H23N3O4S/c1-3-24-20(27)18(25(22(24)30)14-15-7-5-4-6-8-15)13-19(26)23-17-11-9-16(10-12-17)21(28)29-2/h4-12,18H,3,13-14H2,1-2H3,(H,23,26). The number of carbonyl (C=O) groups is 3. The van der Waals surface area contributed by atoms with Crippen LogP contribution in [0.1, 0.15) is 29.3 Å². The number of likely N-dealkylation sites (N-methyl/N-ethyl adjacent to an activating group) is 1. The molecule has 0 spiro atoms. The number of nitrogens with zero attached hydrogens (tertiary/aromatic N) is 2. The number of thiocarbonyl (C=S) groups is 1. The Morgan fingerprint density at radius 1 is 1.10 bits per heavy atom. The number of benzene rings is 2. The number of anilines is 1. The first kappa shape index (κ1) is 21.4. The normalized spacial score (nSPS) is 16.0. The van der Waals surface area contributed by atoms with Crippen LogP contribution in [0.25, 0.3) is 0 Å². The summed E-state index contributed by atoms with van der Waals surface area (Å²) in [6.07, 6.45) is -0.0267. The van der Waals surface area contributed by atoms with E-state index in [4.69, 9.17) is 12.2 Å². The number of ether oxygens (including phenoxy) is 1. The van der Waals surface area contributed by atoms with Crippen LogP contribution in [0.3, 0.4) is 0 Å². The van der Waals surface area contributed by atoms with Crippen molar-refractivity contribution in [2.45, 2.75) is 25.9 Å². The first-order chi connectivity index (χ1) is 14.4. The minimum atomic E-state index is -0.660. The number of hydrogen-bond donors (Lipinski definition) is 1. The maximum absolute atomic E-state index is 12.9. The van der Waals surface area contributed by atoms with Crippen LogP contribution in [-0.2, 0) is 20.9 Å². The molecule has 2 aromatic carbocycles. The van der Waals surface area contributed by atoms with Gasteiger partial charge in [0.25, 0.3) is 5.91 Å². The number of rotatable bonds is 7. The van der Waals surface area contributed by atoms with E-state index in [0.29, 0.717) is 29.5 Å². The number of amides is 2. The van der Waals surface area contributed by atoms with Crippen molar-refractivity contribution in [3.63, 3.8) is 0 Å². The third-order valence-electron chi connectivity index (χ3n) is 4.88. The fourth-order valence-corrected chi connectivity index (χ4v) is 3.75. The minimum absolute atomic E-state index is 0.0267. The number of esters is 1. The van der Waals surface area contributed by atoms with Crippen molar-refractivity contribution in [3.05, 3.63) is 65.7 Å². The maximum atomic E-state index is 12.9. The molecule has 1 aliphatic heterocycles. The minimum Gasteiger partial charge on any atom is -0.465 e. The summed E-state index contributed by atoms with van der Waals surface area (Å²) >= 11 is 5.50. The maximum Gasteiger partial charge on any atom is 0.337 e. The van der Waals surface area contributed by atoms with E-state index in [9.17, 15) is 14.4 Å². The predicted octanol–water partition coefficient (Wildman–Crippen LogP) is 2.82. The molecular formula is C22H23N3O4S. The van der Waals surface area contributed by atoms with Crippen molar-refractivity contribution in [1.82, 2.24) is 9.80 Å². The highest BCUT2D eigenvalue weighted by Gasteiger charge is 2.42. The van der Waals surface area contributed by atoms with Crippen molar-refractivity contribution < 1.29 is 19.1 Å². The van der Waals surface area contributed by atoms with Gasteiger partial charge in [0.05, 0.1) is 19.1 Å². The van der Waals surface area contributed by atoms with Crippen LogP contribution in [0.2, 0.25) is 0 Å². The average Bonchev–Trinajstić information content (AvgIpc) is 2.97. The van der Waals surface area contributed by atoms with E-state index in [1.807, 2.05) is 37.3 Å². The van der Waals surface area contributed by atoms with Crippen molar-refractivity contribution in [1.29, 1.82) is 0 Å². The number of hydrogen-bond acceptors (Lipinski definition) is 5. The molecule has 0 aliphatic carbocycles. The lowest BCUT2D eigenvalue weighted by Crippen LogP contribution is -2.37. The molecule has 0 saturated carbocycles. The van der Waals surface area contributed by atoms with Gasteiger partial charge < -0.3 is 15.0 Å². The van der Waals surface area contributed by atoms with Crippen LogP contribution in [0.5, 0.6) is 0 Å². The van der Waals surface area contributed by atoms with Crippen LogP contribution in [0, 0.1) is 0 Å². The third-order valence-corrected chi connectivity index (χ3v) is 5.34. The molecule has 1 saturated heterocycles. The lowest BCUT2D eigenvalue weighted by molar-refractivity contribution is -0.130. The zero-order valence-electron chi connectivity index (χ0n) is 16.8. The van der Waals surface area contributed by atoms with Gasteiger partial charge in [-0.2, -0.15) is 0 Å². The van der Waals surface area contributed by atoms with E-state index in [2.05, 4.69) is 10.1 Å². The van der Waals surface area contributed by atoms with Gasteiger partial charge in [0.2, 0.25) is 5.91 Å². The molecule has 1 atom stereocenters. The Kier molecular flexibility index (Phi) is 6.79. The van der Waals surface area contributed by atoms with Gasteiger partial charge >= 0.3 is 5.97 Å². The van der Waals surface area contributed by atoms with Crippen LogP contribution in [-0.4, -0.2) is 52.4 Å². The first-order valence-corrected chi connectivity index (χ1v) is 9.99. The summed E-state index contributed by atoms with van der Waals surface area (Å²) in [5.41, 5.74) is 1.93. The van der Waals surface area contributed by atoms with Crippen molar-refractivity contribution in [2.75, 3.05) is 19.0 Å². The summed E-state index contributed by atoms with van der Waals surface area (Å²) in [6, 6.07) is 15.4. The molecule has 2 amide bonds. The second kappa shape index (κ2) is 9.49. The Labute approximate surface area is 180 Å². The lowest BCUT2D eigenvalue weighted by Gasteiger charge is -2.23. The molecule has 1 unspecified atom stereocenters. The molecule has 8 heteroatoms. The molecule has 0 aromatic heterocycles. The van der Waals surface area contributed by atoms with Gasteiger partial charge in [0.15, 0.2) is 5.11 Å². The summed E-state index contributed by atoms with van der Waals surface area (Å²) in [4.78, 5) is 40.3. The zero-order chi connectivity index (χ0) is 21.7. The zero-order valence-corrected chi connectivity index (χ0v) is 17.6. The quantitative estimate of drug-likeness (QED) is 0.543. The molecule has 30 heavy (non-hydrogen) atoms. The highest BCUT2D eigenvalue weighted by Crippen LogP contribution is 2.24. The Hall–Kier alpha value is -3.26. The summed E-state index contributed by atoms with van der Waals surface area (Å²) in [6.45, 7) is 2.76. The Morgan fingerprint density at radius 2 is 1.77 bits per heavy atom. The van der Waals surface area contributed by atoms with Gasteiger partial charge in [0.1, 0.15) is 6.04 Å². The summed E-state index contributed by atoms with van der Waals surface area (Å²) in [7, 11) is 1.31. The fraction of sp³-hybridized carbons (Fsp3) is 0.273. The van der Waals surface area contributed by atoms with Crippen molar-refractivity contribution in [3.8, 4) is 0 Å². The van der Waals surface area contributed by atoms with Gasteiger partial charge in [-0.15, -0.1) is 0 Å². The first-order valence-electron chi connectivity index (χ1n) is 9.58. The van der Waals surface area contributed by atoms with E-state index in [1.165, 1.54) is 12.0 Å². The molecule has 156 valence electrons. The molecule has 0 radical (unpaired) electrons. The van der Waals surface area contributed by atoms with Crippen LogP contribution in [0.15, 0.2) is 54.6 Å². The largest absolute Gasteiger partial charge is 0.465 e. The Bertz CT molecular complexity index is 947. The fourth-order valence-electron chi connectivity index (χ4n) is 3.34. The van der Waals surface area contributed by atoms with Crippen molar-refractivity contribution >= 4 is 40.8 Å². The van der Waals surface area contributed by atoms with Gasteiger partial charge in [-0.3, -0.25) is 14.5 Å². The Balaban J connectivity index is 1.71. The molecule has 0 bridgehead atoms. The topological polar surface area (TPSA) is 79.0 Å². The lowest BCUT2D eigenvalue weighted by atomic mass is 10.1. The molecular weight excluding hydrogens is 402 g/mol. The highest BCUT2D eigenvalue weighted by atomic mass is 32.1. The molecule has 2 aromatic rings. The second-order valence-corrected chi connectivity index (χ2v) is 7.18. The molecule has 1 N–H and O–H groups in total. The van der Waals surface area contributed by atoms with Crippen LogP contribution >= 0.6 is 12.2 Å².